The highest BCUT2D eigenvalue weighted by atomic mass is 16.5. The largest absolute Gasteiger partial charge is 0.496 e. The molecule has 0 saturated carbocycles. The summed E-state index contributed by atoms with van der Waals surface area (Å²) in [6.45, 7) is 10.5. The third-order valence-electron chi connectivity index (χ3n) is 5.86. The van der Waals surface area contributed by atoms with Gasteiger partial charge in [-0.1, -0.05) is 19.1 Å². The summed E-state index contributed by atoms with van der Waals surface area (Å²) < 4.78 is 7.53. The van der Waals surface area contributed by atoms with Crippen molar-refractivity contribution in [1.82, 2.24) is 30.3 Å². The Balaban J connectivity index is 1.70. The fourth-order valence-corrected chi connectivity index (χ4v) is 3.85. The third-order valence-corrected chi connectivity index (χ3v) is 5.86. The van der Waals surface area contributed by atoms with Crippen LogP contribution in [0.2, 0.25) is 0 Å². The number of guanidine groups is 1. The van der Waals surface area contributed by atoms with Crippen molar-refractivity contribution in [2.24, 2.45) is 12.0 Å². The van der Waals surface area contributed by atoms with Gasteiger partial charge in [-0.25, -0.2) is 4.99 Å². The minimum atomic E-state index is 0.540. The molecule has 2 aromatic rings. The summed E-state index contributed by atoms with van der Waals surface area (Å²) in [6, 6.07) is 6.77. The number of hydrogen-bond acceptors (Lipinski definition) is 5. The molecule has 2 N–H and O–H groups in total. The Morgan fingerprint density at radius 2 is 2.10 bits per heavy atom. The molecule has 1 atom stereocenters. The summed E-state index contributed by atoms with van der Waals surface area (Å²) >= 11 is 0. The van der Waals surface area contributed by atoms with Crippen LogP contribution in [0.4, 0.5) is 0 Å². The number of aliphatic imine (C=N–C) groups is 1. The van der Waals surface area contributed by atoms with E-state index in [0.717, 1.165) is 42.0 Å². The second kappa shape index (κ2) is 10.4. The molecule has 1 fully saturated rings. The van der Waals surface area contributed by atoms with Crippen LogP contribution in [0.15, 0.2) is 23.2 Å². The molecule has 164 valence electrons. The van der Waals surface area contributed by atoms with Crippen LogP contribution in [0.1, 0.15) is 42.5 Å². The fourth-order valence-electron chi connectivity index (χ4n) is 3.85. The average Bonchev–Trinajstić information content (AvgIpc) is 3.34. The summed E-state index contributed by atoms with van der Waals surface area (Å²) in [5.74, 6) is 3.43. The van der Waals surface area contributed by atoms with Gasteiger partial charge in [0.2, 0.25) is 0 Å². The summed E-state index contributed by atoms with van der Waals surface area (Å²) in [5.41, 5.74) is 2.24. The molecule has 0 spiro atoms. The molecule has 0 bridgehead atoms. The first-order chi connectivity index (χ1) is 14.5. The maximum Gasteiger partial charge on any atom is 0.192 e. The molecular weight excluding hydrogens is 378 g/mol. The standard InChI is InChI=1S/C22H35N7O/c1-6-29-11-7-8-19(29)14-24-22(25-15-21-27-26-17(3)28(21)4)23-13-18-10-9-16(2)12-20(18)30-5/h9-10,12,19H,6-8,11,13-15H2,1-5H3,(H2,23,24,25). The van der Waals surface area contributed by atoms with Gasteiger partial charge in [-0.3, -0.25) is 4.90 Å². The molecule has 2 heterocycles. The highest BCUT2D eigenvalue weighted by Gasteiger charge is 2.22. The highest BCUT2D eigenvalue weighted by molar-refractivity contribution is 5.79. The minimum Gasteiger partial charge on any atom is -0.496 e. The Morgan fingerprint density at radius 1 is 1.27 bits per heavy atom. The Labute approximate surface area is 179 Å². The van der Waals surface area contributed by atoms with Crippen molar-refractivity contribution < 1.29 is 4.74 Å². The van der Waals surface area contributed by atoms with Crippen molar-refractivity contribution in [2.45, 2.75) is 52.7 Å². The smallest absolute Gasteiger partial charge is 0.192 e. The lowest BCUT2D eigenvalue weighted by atomic mass is 10.1. The van der Waals surface area contributed by atoms with Gasteiger partial charge in [-0.15, -0.1) is 10.2 Å². The van der Waals surface area contributed by atoms with E-state index in [9.17, 15) is 0 Å². The Kier molecular flexibility index (Phi) is 7.68. The van der Waals surface area contributed by atoms with Crippen LogP contribution < -0.4 is 15.4 Å². The second-order valence-corrected chi connectivity index (χ2v) is 7.86. The van der Waals surface area contributed by atoms with Gasteiger partial charge in [0.05, 0.1) is 20.2 Å². The fraction of sp³-hybridized carbons (Fsp3) is 0.591. The molecule has 1 saturated heterocycles. The molecule has 0 radical (unpaired) electrons. The SMILES string of the molecule is CCN1CCCC1CNC(=NCc1ccc(C)cc1OC)NCc1nnc(C)n1C. The van der Waals surface area contributed by atoms with E-state index in [1.54, 1.807) is 7.11 Å². The summed E-state index contributed by atoms with van der Waals surface area (Å²) in [6.07, 6.45) is 2.49. The van der Waals surface area contributed by atoms with Crippen molar-refractivity contribution in [3.05, 3.63) is 41.0 Å². The molecule has 0 amide bonds. The van der Waals surface area contributed by atoms with Gasteiger partial charge in [0.1, 0.15) is 11.6 Å². The average molecular weight is 414 g/mol. The van der Waals surface area contributed by atoms with Gasteiger partial charge in [-0.05, 0) is 51.4 Å². The monoisotopic (exact) mass is 413 g/mol. The Morgan fingerprint density at radius 3 is 2.80 bits per heavy atom. The van der Waals surface area contributed by atoms with Gasteiger partial charge >= 0.3 is 0 Å². The van der Waals surface area contributed by atoms with Crippen LogP contribution in [0.5, 0.6) is 5.75 Å². The summed E-state index contributed by atoms with van der Waals surface area (Å²) in [7, 11) is 3.68. The van der Waals surface area contributed by atoms with E-state index in [1.165, 1.54) is 24.9 Å². The van der Waals surface area contributed by atoms with E-state index in [-0.39, 0.29) is 0 Å². The summed E-state index contributed by atoms with van der Waals surface area (Å²) in [4.78, 5) is 7.36. The molecule has 8 heteroatoms. The molecule has 3 rings (SSSR count). The molecule has 1 aromatic carbocycles. The number of methoxy groups -OCH3 is 1. The Bertz CT molecular complexity index is 861. The number of aromatic nitrogens is 3. The second-order valence-electron chi connectivity index (χ2n) is 7.86. The van der Waals surface area contributed by atoms with Crippen molar-refractivity contribution in [3.8, 4) is 5.75 Å². The maximum atomic E-state index is 5.54. The van der Waals surface area contributed by atoms with E-state index < -0.39 is 0 Å². The van der Waals surface area contributed by atoms with Crippen molar-refractivity contribution >= 4 is 5.96 Å². The number of likely N-dealkylation sites (N-methyl/N-ethyl adjacent to an activating group) is 1. The van der Waals surface area contributed by atoms with E-state index in [4.69, 9.17) is 9.73 Å². The molecule has 1 aliphatic heterocycles. The van der Waals surface area contributed by atoms with E-state index in [2.05, 4.69) is 51.7 Å². The molecule has 30 heavy (non-hydrogen) atoms. The molecule has 1 aromatic heterocycles. The summed E-state index contributed by atoms with van der Waals surface area (Å²) in [5, 5.41) is 15.3. The number of ether oxygens (including phenoxy) is 1. The lowest BCUT2D eigenvalue weighted by Crippen LogP contribution is -2.44. The molecule has 0 aliphatic carbocycles. The topological polar surface area (TPSA) is 79.6 Å². The van der Waals surface area contributed by atoms with Crippen LogP contribution in [-0.4, -0.2) is 58.4 Å². The van der Waals surface area contributed by atoms with Crippen molar-refractivity contribution in [1.29, 1.82) is 0 Å². The first-order valence-electron chi connectivity index (χ1n) is 10.8. The third kappa shape index (κ3) is 5.50. The molecular formula is C22H35N7O. The number of hydrogen-bond donors (Lipinski definition) is 2. The van der Waals surface area contributed by atoms with Crippen LogP contribution in [0, 0.1) is 13.8 Å². The first kappa shape index (κ1) is 22.1. The normalized spacial score (nSPS) is 17.4. The van der Waals surface area contributed by atoms with E-state index in [0.29, 0.717) is 19.1 Å². The van der Waals surface area contributed by atoms with Crippen LogP contribution >= 0.6 is 0 Å². The van der Waals surface area contributed by atoms with Gasteiger partial charge in [0.15, 0.2) is 11.8 Å². The first-order valence-corrected chi connectivity index (χ1v) is 10.8. The number of aryl methyl sites for hydroxylation is 2. The van der Waals surface area contributed by atoms with E-state index >= 15 is 0 Å². The number of nitrogens with zero attached hydrogens (tertiary/aromatic N) is 5. The van der Waals surface area contributed by atoms with Gasteiger partial charge in [0, 0.05) is 25.2 Å². The lowest BCUT2D eigenvalue weighted by molar-refractivity contribution is 0.267. The molecule has 8 nitrogen and oxygen atoms in total. The lowest BCUT2D eigenvalue weighted by Gasteiger charge is -2.24. The quantitative estimate of drug-likeness (QED) is 0.510. The van der Waals surface area contributed by atoms with Crippen LogP contribution in [-0.2, 0) is 20.1 Å². The van der Waals surface area contributed by atoms with Gasteiger partial charge in [0.25, 0.3) is 0 Å². The Hall–Kier alpha value is -2.61. The zero-order chi connectivity index (χ0) is 21.5. The number of nitrogens with one attached hydrogen (secondary N) is 2. The number of rotatable bonds is 8. The number of likely N-dealkylation sites (tertiary alicyclic amines) is 1. The number of benzene rings is 1. The molecule has 1 unspecified atom stereocenters. The predicted molar refractivity (Wildman–Crippen MR) is 120 cm³/mol. The van der Waals surface area contributed by atoms with Gasteiger partial charge in [-0.2, -0.15) is 0 Å². The van der Waals surface area contributed by atoms with Crippen molar-refractivity contribution in [2.75, 3.05) is 26.7 Å². The zero-order valence-electron chi connectivity index (χ0n) is 18.9. The van der Waals surface area contributed by atoms with Crippen LogP contribution in [0.25, 0.3) is 0 Å². The van der Waals surface area contributed by atoms with Gasteiger partial charge < -0.3 is 19.9 Å². The van der Waals surface area contributed by atoms with Crippen LogP contribution in [0.3, 0.4) is 0 Å². The van der Waals surface area contributed by atoms with E-state index in [1.807, 2.05) is 24.6 Å². The molecule has 1 aliphatic rings. The highest BCUT2D eigenvalue weighted by Crippen LogP contribution is 2.20. The zero-order valence-corrected chi connectivity index (χ0v) is 18.9. The minimum absolute atomic E-state index is 0.540. The predicted octanol–water partition coefficient (Wildman–Crippen LogP) is 2.16. The maximum absolute atomic E-state index is 5.54. The van der Waals surface area contributed by atoms with Crippen molar-refractivity contribution in [3.63, 3.8) is 0 Å².